The number of hydrogen-bond donors (Lipinski definition) is 0. The number of carbonyl (C=O) groups is 1. The highest BCUT2D eigenvalue weighted by atomic mass is 16.2. The highest BCUT2D eigenvalue weighted by Gasteiger charge is 2.51. The molecule has 2 aromatic heterocycles. The van der Waals surface area contributed by atoms with Crippen LogP contribution in [0.5, 0.6) is 0 Å². The van der Waals surface area contributed by atoms with Gasteiger partial charge in [0.1, 0.15) is 17.8 Å². The fourth-order valence-corrected chi connectivity index (χ4v) is 4.49. The molecule has 7 heteroatoms. The van der Waals surface area contributed by atoms with Gasteiger partial charge in [-0.25, -0.2) is 0 Å². The lowest BCUT2D eigenvalue weighted by molar-refractivity contribution is 0.0766. The summed E-state index contributed by atoms with van der Waals surface area (Å²) in [6, 6.07) is 1.82. The second kappa shape index (κ2) is 5.72. The van der Waals surface area contributed by atoms with E-state index in [0.717, 1.165) is 31.8 Å². The molecule has 0 aromatic carbocycles. The number of aromatic nitrogens is 5. The SMILES string of the molecule is CCn1ccc(C(=O)N2CC(c3nncn3C)C3(CCCC3)C2)n1. The molecule has 2 aliphatic rings. The molecule has 1 saturated carbocycles. The summed E-state index contributed by atoms with van der Waals surface area (Å²) in [4.78, 5) is 14.9. The molecule has 7 nitrogen and oxygen atoms in total. The molecule has 3 heterocycles. The monoisotopic (exact) mass is 328 g/mol. The van der Waals surface area contributed by atoms with Gasteiger partial charge in [-0.3, -0.25) is 9.48 Å². The van der Waals surface area contributed by atoms with Crippen LogP contribution in [0.25, 0.3) is 0 Å². The lowest BCUT2D eigenvalue weighted by Crippen LogP contribution is -2.31. The van der Waals surface area contributed by atoms with Crippen LogP contribution in [0.15, 0.2) is 18.6 Å². The Kier molecular flexibility index (Phi) is 3.66. The molecule has 1 aliphatic heterocycles. The number of likely N-dealkylation sites (tertiary alicyclic amines) is 1. The Balaban J connectivity index is 1.62. The number of amides is 1. The van der Waals surface area contributed by atoms with Crippen molar-refractivity contribution in [1.29, 1.82) is 0 Å². The van der Waals surface area contributed by atoms with Gasteiger partial charge in [-0.1, -0.05) is 12.8 Å². The lowest BCUT2D eigenvalue weighted by Gasteiger charge is -2.28. The molecule has 24 heavy (non-hydrogen) atoms. The second-order valence-electron chi connectivity index (χ2n) is 7.16. The predicted molar refractivity (Wildman–Crippen MR) is 88.4 cm³/mol. The Bertz CT molecular complexity index is 742. The van der Waals surface area contributed by atoms with E-state index >= 15 is 0 Å². The van der Waals surface area contributed by atoms with Gasteiger partial charge in [0.2, 0.25) is 0 Å². The van der Waals surface area contributed by atoms with Crippen LogP contribution in [0, 0.1) is 5.41 Å². The first-order valence-electron chi connectivity index (χ1n) is 8.79. The molecule has 0 N–H and O–H groups in total. The summed E-state index contributed by atoms with van der Waals surface area (Å²) in [5.41, 5.74) is 0.702. The Hall–Kier alpha value is -2.18. The molecule has 0 bridgehead atoms. The normalized spacial score (nSPS) is 22.6. The van der Waals surface area contributed by atoms with Gasteiger partial charge in [-0.2, -0.15) is 5.10 Å². The fourth-order valence-electron chi connectivity index (χ4n) is 4.49. The van der Waals surface area contributed by atoms with Crippen molar-refractivity contribution in [3.63, 3.8) is 0 Å². The quantitative estimate of drug-likeness (QED) is 0.862. The minimum atomic E-state index is 0.0399. The standard InChI is InChI=1S/C17H24N6O/c1-3-23-9-6-14(20-23)16(24)22-10-13(15-19-18-12-21(15)2)17(11-22)7-4-5-8-17/h6,9,12-13H,3-5,7-8,10-11H2,1-2H3. The van der Waals surface area contributed by atoms with Gasteiger partial charge in [0, 0.05) is 38.8 Å². The highest BCUT2D eigenvalue weighted by Crippen LogP contribution is 2.53. The van der Waals surface area contributed by atoms with E-state index in [-0.39, 0.29) is 17.2 Å². The van der Waals surface area contributed by atoms with E-state index < -0.39 is 0 Å². The van der Waals surface area contributed by atoms with Crippen molar-refractivity contribution in [3.8, 4) is 0 Å². The van der Waals surface area contributed by atoms with Crippen LogP contribution in [-0.4, -0.2) is 48.4 Å². The van der Waals surface area contributed by atoms with Crippen molar-refractivity contribution in [2.24, 2.45) is 12.5 Å². The minimum absolute atomic E-state index is 0.0399. The summed E-state index contributed by atoms with van der Waals surface area (Å²) in [6.07, 6.45) is 8.43. The summed E-state index contributed by atoms with van der Waals surface area (Å²) < 4.78 is 3.80. The van der Waals surface area contributed by atoms with Crippen molar-refractivity contribution in [3.05, 3.63) is 30.1 Å². The Labute approximate surface area is 141 Å². The number of carbonyl (C=O) groups excluding carboxylic acids is 1. The maximum Gasteiger partial charge on any atom is 0.274 e. The predicted octanol–water partition coefficient (Wildman–Crippen LogP) is 1.83. The molecule has 1 aliphatic carbocycles. The first-order valence-corrected chi connectivity index (χ1v) is 8.79. The molecular formula is C17H24N6O. The average Bonchev–Trinajstić information content (AvgIpc) is 3.35. The average molecular weight is 328 g/mol. The maximum atomic E-state index is 12.9. The zero-order valence-corrected chi connectivity index (χ0v) is 14.4. The summed E-state index contributed by atoms with van der Waals surface area (Å²) in [5, 5.41) is 12.8. The topological polar surface area (TPSA) is 68.8 Å². The Morgan fingerprint density at radius 2 is 2.17 bits per heavy atom. The summed E-state index contributed by atoms with van der Waals surface area (Å²) in [5.74, 6) is 1.31. The van der Waals surface area contributed by atoms with Crippen LogP contribution < -0.4 is 0 Å². The molecule has 1 unspecified atom stereocenters. The van der Waals surface area contributed by atoms with Crippen molar-refractivity contribution in [2.75, 3.05) is 13.1 Å². The molecular weight excluding hydrogens is 304 g/mol. The van der Waals surface area contributed by atoms with Gasteiger partial charge in [0.25, 0.3) is 5.91 Å². The van der Waals surface area contributed by atoms with Gasteiger partial charge in [-0.15, -0.1) is 10.2 Å². The van der Waals surface area contributed by atoms with Crippen molar-refractivity contribution in [2.45, 2.75) is 45.1 Å². The molecule has 1 atom stereocenters. The molecule has 1 spiro atoms. The minimum Gasteiger partial charge on any atom is -0.336 e. The zero-order valence-electron chi connectivity index (χ0n) is 14.4. The maximum absolute atomic E-state index is 12.9. The van der Waals surface area contributed by atoms with E-state index in [4.69, 9.17) is 0 Å². The van der Waals surface area contributed by atoms with E-state index in [1.807, 2.05) is 35.7 Å². The smallest absolute Gasteiger partial charge is 0.274 e. The molecule has 2 fully saturated rings. The fraction of sp³-hybridized carbons (Fsp3) is 0.647. The summed E-state index contributed by atoms with van der Waals surface area (Å²) in [6.45, 7) is 4.32. The molecule has 1 amide bonds. The van der Waals surface area contributed by atoms with E-state index in [0.29, 0.717) is 12.2 Å². The third-order valence-electron chi connectivity index (χ3n) is 5.78. The van der Waals surface area contributed by atoms with Crippen LogP contribution in [-0.2, 0) is 13.6 Å². The van der Waals surface area contributed by atoms with Gasteiger partial charge in [-0.05, 0) is 31.2 Å². The van der Waals surface area contributed by atoms with Gasteiger partial charge in [0.15, 0.2) is 0 Å². The van der Waals surface area contributed by atoms with E-state index in [2.05, 4.69) is 15.3 Å². The molecule has 1 saturated heterocycles. The number of aryl methyl sites for hydroxylation is 2. The van der Waals surface area contributed by atoms with Crippen molar-refractivity contribution in [1.82, 2.24) is 29.4 Å². The molecule has 2 aromatic rings. The van der Waals surface area contributed by atoms with Crippen LogP contribution in [0.2, 0.25) is 0 Å². The van der Waals surface area contributed by atoms with Crippen LogP contribution >= 0.6 is 0 Å². The van der Waals surface area contributed by atoms with Gasteiger partial charge < -0.3 is 9.47 Å². The Morgan fingerprint density at radius 3 is 2.79 bits per heavy atom. The van der Waals surface area contributed by atoms with Crippen LogP contribution in [0.4, 0.5) is 0 Å². The molecule has 128 valence electrons. The zero-order chi connectivity index (χ0) is 16.7. The first kappa shape index (κ1) is 15.4. The number of rotatable bonds is 3. The third kappa shape index (κ3) is 2.34. The number of nitrogens with zero attached hydrogens (tertiary/aromatic N) is 6. The van der Waals surface area contributed by atoms with Crippen LogP contribution in [0.3, 0.4) is 0 Å². The molecule has 0 radical (unpaired) electrons. The number of hydrogen-bond acceptors (Lipinski definition) is 4. The van der Waals surface area contributed by atoms with E-state index in [9.17, 15) is 4.79 Å². The van der Waals surface area contributed by atoms with Crippen molar-refractivity contribution >= 4 is 5.91 Å². The lowest BCUT2D eigenvalue weighted by atomic mass is 9.76. The Morgan fingerprint density at radius 1 is 1.38 bits per heavy atom. The first-order chi connectivity index (χ1) is 11.6. The van der Waals surface area contributed by atoms with Crippen LogP contribution in [0.1, 0.15) is 54.8 Å². The summed E-state index contributed by atoms with van der Waals surface area (Å²) >= 11 is 0. The third-order valence-corrected chi connectivity index (χ3v) is 5.78. The largest absolute Gasteiger partial charge is 0.336 e. The van der Waals surface area contributed by atoms with Gasteiger partial charge in [0.05, 0.1) is 0 Å². The van der Waals surface area contributed by atoms with E-state index in [1.54, 1.807) is 11.0 Å². The van der Waals surface area contributed by atoms with E-state index in [1.165, 1.54) is 12.8 Å². The van der Waals surface area contributed by atoms with Gasteiger partial charge >= 0.3 is 0 Å². The second-order valence-corrected chi connectivity index (χ2v) is 7.16. The molecule has 4 rings (SSSR count). The summed E-state index contributed by atoms with van der Waals surface area (Å²) in [7, 11) is 1.99. The van der Waals surface area contributed by atoms with Crippen molar-refractivity contribution < 1.29 is 4.79 Å². The highest BCUT2D eigenvalue weighted by molar-refractivity contribution is 5.92.